The summed E-state index contributed by atoms with van der Waals surface area (Å²) in [7, 11) is 6.03. The van der Waals surface area contributed by atoms with Gasteiger partial charge < -0.3 is 10.2 Å². The Morgan fingerprint density at radius 2 is 2.14 bits per heavy atom. The minimum Gasteiger partial charge on any atom is -0.354 e. The van der Waals surface area contributed by atoms with Crippen LogP contribution in [0.2, 0.25) is 0 Å². The average molecular weight is 213 g/mol. The molecule has 4 heteroatoms. The molecule has 1 aromatic heterocycles. The van der Waals surface area contributed by atoms with Crippen LogP contribution in [0, 0.1) is 0 Å². The third-order valence-electron chi connectivity index (χ3n) is 2.22. The normalized spacial score (nSPS) is 11.8. The molecule has 0 bridgehead atoms. The average Bonchev–Trinajstić information content (AvgIpc) is 2.52. The summed E-state index contributed by atoms with van der Waals surface area (Å²) in [4.78, 5) is 7.72. The number of likely N-dealkylation sites (N-methyl/N-ethyl adjacent to an activating group) is 1. The van der Waals surface area contributed by atoms with E-state index in [4.69, 9.17) is 0 Å². The largest absolute Gasteiger partial charge is 0.354 e. The Bertz CT molecular complexity index is 291. The Hall–Kier alpha value is -0.610. The van der Waals surface area contributed by atoms with Crippen molar-refractivity contribution in [1.29, 1.82) is 0 Å². The Kier molecular flexibility index (Phi) is 3.50. The number of aromatic nitrogens is 1. The van der Waals surface area contributed by atoms with E-state index in [1.807, 2.05) is 32.2 Å². The molecule has 1 aromatic rings. The van der Waals surface area contributed by atoms with Gasteiger partial charge in [-0.1, -0.05) is 0 Å². The smallest absolute Gasteiger partial charge is 0.184 e. The van der Waals surface area contributed by atoms with Gasteiger partial charge >= 0.3 is 0 Å². The Morgan fingerprint density at radius 3 is 2.57 bits per heavy atom. The molecule has 0 atom stereocenters. The van der Waals surface area contributed by atoms with Crippen molar-refractivity contribution in [1.82, 2.24) is 10.3 Å². The first-order chi connectivity index (χ1) is 6.44. The van der Waals surface area contributed by atoms with Crippen molar-refractivity contribution in [3.05, 3.63) is 11.1 Å². The molecular formula is C10H19N3S. The van der Waals surface area contributed by atoms with E-state index in [-0.39, 0.29) is 5.54 Å². The van der Waals surface area contributed by atoms with Gasteiger partial charge in [-0.15, -0.1) is 11.3 Å². The molecule has 0 radical (unpaired) electrons. The van der Waals surface area contributed by atoms with Crippen LogP contribution >= 0.6 is 11.3 Å². The van der Waals surface area contributed by atoms with E-state index in [2.05, 4.69) is 24.1 Å². The SMILES string of the molecule is CNC(C)(C)Cc1cnc(N(C)C)s1. The van der Waals surface area contributed by atoms with Crippen LogP contribution in [0.5, 0.6) is 0 Å². The van der Waals surface area contributed by atoms with E-state index in [0.29, 0.717) is 0 Å². The molecule has 1 N–H and O–H groups in total. The lowest BCUT2D eigenvalue weighted by molar-refractivity contribution is 0.424. The van der Waals surface area contributed by atoms with Gasteiger partial charge in [0.2, 0.25) is 0 Å². The highest BCUT2D eigenvalue weighted by Crippen LogP contribution is 2.23. The molecule has 0 saturated carbocycles. The number of anilines is 1. The summed E-state index contributed by atoms with van der Waals surface area (Å²) in [5.41, 5.74) is 0.149. The summed E-state index contributed by atoms with van der Waals surface area (Å²) in [5, 5.41) is 4.37. The standard InChI is InChI=1S/C10H19N3S/c1-10(2,11-3)6-8-7-12-9(14-8)13(4)5/h7,11H,6H2,1-5H3. The van der Waals surface area contributed by atoms with Gasteiger partial charge in [-0.3, -0.25) is 0 Å². The zero-order valence-electron chi connectivity index (χ0n) is 9.59. The molecule has 80 valence electrons. The first kappa shape index (κ1) is 11.5. The fourth-order valence-corrected chi connectivity index (χ4v) is 2.17. The van der Waals surface area contributed by atoms with Crippen LogP contribution in [0.4, 0.5) is 5.13 Å². The molecule has 0 aliphatic heterocycles. The van der Waals surface area contributed by atoms with Crippen LogP contribution in [0.15, 0.2) is 6.20 Å². The van der Waals surface area contributed by atoms with E-state index in [0.717, 1.165) is 11.6 Å². The second kappa shape index (κ2) is 4.28. The first-order valence-electron chi connectivity index (χ1n) is 4.75. The van der Waals surface area contributed by atoms with Gasteiger partial charge in [0.25, 0.3) is 0 Å². The zero-order chi connectivity index (χ0) is 10.8. The van der Waals surface area contributed by atoms with Crippen LogP contribution in [0.3, 0.4) is 0 Å². The first-order valence-corrected chi connectivity index (χ1v) is 5.57. The van der Waals surface area contributed by atoms with Crippen LogP contribution in [-0.4, -0.2) is 31.7 Å². The van der Waals surface area contributed by atoms with E-state index < -0.39 is 0 Å². The lowest BCUT2D eigenvalue weighted by atomic mass is 10.0. The fraction of sp³-hybridized carbons (Fsp3) is 0.700. The Labute approximate surface area is 90.2 Å². The van der Waals surface area contributed by atoms with Crippen molar-refractivity contribution >= 4 is 16.5 Å². The summed E-state index contributed by atoms with van der Waals surface area (Å²) < 4.78 is 0. The molecule has 14 heavy (non-hydrogen) atoms. The molecule has 0 aliphatic rings. The van der Waals surface area contributed by atoms with E-state index in [1.165, 1.54) is 4.88 Å². The number of nitrogens with one attached hydrogen (secondary N) is 1. The Morgan fingerprint density at radius 1 is 1.50 bits per heavy atom. The molecule has 0 unspecified atom stereocenters. The summed E-state index contributed by atoms with van der Waals surface area (Å²) in [6.07, 6.45) is 2.99. The summed E-state index contributed by atoms with van der Waals surface area (Å²) >= 11 is 1.76. The lowest BCUT2D eigenvalue weighted by Gasteiger charge is -2.22. The van der Waals surface area contributed by atoms with Gasteiger partial charge in [-0.2, -0.15) is 0 Å². The minimum absolute atomic E-state index is 0.149. The van der Waals surface area contributed by atoms with E-state index in [1.54, 1.807) is 11.3 Å². The molecule has 0 aliphatic carbocycles. The van der Waals surface area contributed by atoms with Gasteiger partial charge in [0.15, 0.2) is 5.13 Å². The fourth-order valence-electron chi connectivity index (χ4n) is 1.11. The lowest BCUT2D eigenvalue weighted by Crippen LogP contribution is -2.38. The van der Waals surface area contributed by atoms with Gasteiger partial charge in [0.05, 0.1) is 0 Å². The maximum Gasteiger partial charge on any atom is 0.184 e. The van der Waals surface area contributed by atoms with Crippen LogP contribution in [-0.2, 0) is 6.42 Å². The van der Waals surface area contributed by atoms with Crippen LogP contribution in [0.25, 0.3) is 0 Å². The highest BCUT2D eigenvalue weighted by Gasteiger charge is 2.17. The molecule has 0 aromatic carbocycles. The highest BCUT2D eigenvalue weighted by atomic mass is 32.1. The second-order valence-electron chi connectivity index (χ2n) is 4.31. The van der Waals surface area contributed by atoms with Crippen molar-refractivity contribution in [2.45, 2.75) is 25.8 Å². The number of thiazole rings is 1. The molecule has 0 fully saturated rings. The van der Waals surface area contributed by atoms with E-state index >= 15 is 0 Å². The van der Waals surface area contributed by atoms with Crippen molar-refractivity contribution in [2.24, 2.45) is 0 Å². The van der Waals surface area contributed by atoms with Crippen molar-refractivity contribution < 1.29 is 0 Å². The molecule has 1 heterocycles. The third-order valence-corrected chi connectivity index (χ3v) is 3.38. The Balaban J connectivity index is 2.69. The molecule has 0 saturated heterocycles. The van der Waals surface area contributed by atoms with Crippen LogP contribution in [0.1, 0.15) is 18.7 Å². The van der Waals surface area contributed by atoms with Gasteiger partial charge in [-0.05, 0) is 20.9 Å². The van der Waals surface area contributed by atoms with Crippen molar-refractivity contribution in [2.75, 3.05) is 26.0 Å². The van der Waals surface area contributed by atoms with E-state index in [9.17, 15) is 0 Å². The molecule has 1 rings (SSSR count). The minimum atomic E-state index is 0.149. The molecule has 0 spiro atoms. The monoisotopic (exact) mass is 213 g/mol. The third kappa shape index (κ3) is 2.96. The van der Waals surface area contributed by atoms with Gasteiger partial charge in [0.1, 0.15) is 0 Å². The highest BCUT2D eigenvalue weighted by molar-refractivity contribution is 7.15. The number of rotatable bonds is 4. The zero-order valence-corrected chi connectivity index (χ0v) is 10.4. The maximum absolute atomic E-state index is 4.35. The summed E-state index contributed by atoms with van der Waals surface area (Å²) in [6.45, 7) is 4.39. The van der Waals surface area contributed by atoms with Gasteiger partial charge in [0, 0.05) is 37.1 Å². The molecular weight excluding hydrogens is 194 g/mol. The number of nitrogens with zero attached hydrogens (tertiary/aromatic N) is 2. The van der Waals surface area contributed by atoms with Crippen LogP contribution < -0.4 is 10.2 Å². The van der Waals surface area contributed by atoms with Crippen molar-refractivity contribution in [3.63, 3.8) is 0 Å². The molecule has 3 nitrogen and oxygen atoms in total. The van der Waals surface area contributed by atoms with Crippen molar-refractivity contribution in [3.8, 4) is 0 Å². The summed E-state index contributed by atoms with van der Waals surface area (Å²) in [5.74, 6) is 0. The number of hydrogen-bond acceptors (Lipinski definition) is 4. The predicted molar refractivity (Wildman–Crippen MR) is 63.3 cm³/mol. The topological polar surface area (TPSA) is 28.2 Å². The second-order valence-corrected chi connectivity index (χ2v) is 5.41. The predicted octanol–water partition coefficient (Wildman–Crippen LogP) is 1.75. The summed E-state index contributed by atoms with van der Waals surface area (Å²) in [6, 6.07) is 0. The number of hydrogen-bond donors (Lipinski definition) is 1. The van der Waals surface area contributed by atoms with Gasteiger partial charge in [-0.25, -0.2) is 4.98 Å². The molecule has 0 amide bonds. The maximum atomic E-state index is 4.35. The quantitative estimate of drug-likeness (QED) is 0.826.